The van der Waals surface area contributed by atoms with Gasteiger partial charge in [0, 0.05) is 12.1 Å². The van der Waals surface area contributed by atoms with Gasteiger partial charge in [-0.15, -0.1) is 0 Å². The first kappa shape index (κ1) is 23.0. The standard InChI is InChI=1S/C24H48N/c1-3-5-6-7-8-9-10-11-12-13-14-15-16-18-21-24(25-4-2)22-19-17-20-23-24/h3-23H2,1-2H3. The summed E-state index contributed by atoms with van der Waals surface area (Å²) in [6, 6.07) is 0. The highest BCUT2D eigenvalue weighted by molar-refractivity contribution is 4.89. The minimum atomic E-state index is 0.393. The largest absolute Gasteiger partial charge is 0.235 e. The van der Waals surface area contributed by atoms with Crippen LogP contribution < -0.4 is 5.32 Å². The Morgan fingerprint density at radius 3 is 1.44 bits per heavy atom. The number of rotatable bonds is 17. The van der Waals surface area contributed by atoms with Crippen molar-refractivity contribution in [1.82, 2.24) is 5.32 Å². The summed E-state index contributed by atoms with van der Waals surface area (Å²) in [7, 11) is 0. The van der Waals surface area contributed by atoms with E-state index in [4.69, 9.17) is 5.32 Å². The van der Waals surface area contributed by atoms with Crippen molar-refractivity contribution in [3.05, 3.63) is 0 Å². The van der Waals surface area contributed by atoms with E-state index in [1.807, 2.05) is 0 Å². The quantitative estimate of drug-likeness (QED) is 0.235. The maximum absolute atomic E-state index is 5.01. The van der Waals surface area contributed by atoms with Gasteiger partial charge in [-0.2, -0.15) is 0 Å². The van der Waals surface area contributed by atoms with E-state index < -0.39 is 0 Å². The fraction of sp³-hybridized carbons (Fsp3) is 1.00. The Morgan fingerprint density at radius 2 is 1.00 bits per heavy atom. The van der Waals surface area contributed by atoms with Gasteiger partial charge in [0.05, 0.1) is 0 Å². The van der Waals surface area contributed by atoms with E-state index in [1.165, 1.54) is 128 Å². The molecule has 0 aliphatic heterocycles. The van der Waals surface area contributed by atoms with Crippen LogP contribution in [0.2, 0.25) is 0 Å². The molecule has 1 nitrogen and oxygen atoms in total. The summed E-state index contributed by atoms with van der Waals surface area (Å²) in [5.41, 5.74) is 0.393. The summed E-state index contributed by atoms with van der Waals surface area (Å²) in [6.45, 7) is 5.55. The van der Waals surface area contributed by atoms with Gasteiger partial charge in [-0.1, -0.05) is 123 Å². The predicted octanol–water partition coefficient (Wildman–Crippen LogP) is 8.19. The van der Waals surface area contributed by atoms with Gasteiger partial charge in [0.1, 0.15) is 0 Å². The molecule has 0 amide bonds. The lowest BCUT2D eigenvalue weighted by molar-refractivity contribution is 0.208. The van der Waals surface area contributed by atoms with E-state index >= 15 is 0 Å². The molecule has 0 saturated heterocycles. The lowest BCUT2D eigenvalue weighted by Gasteiger charge is -2.37. The van der Waals surface area contributed by atoms with E-state index in [2.05, 4.69) is 13.8 Å². The van der Waals surface area contributed by atoms with Gasteiger partial charge >= 0.3 is 0 Å². The van der Waals surface area contributed by atoms with E-state index in [1.54, 1.807) is 0 Å². The molecule has 0 aromatic rings. The molecule has 1 saturated carbocycles. The van der Waals surface area contributed by atoms with Crippen molar-refractivity contribution in [2.24, 2.45) is 0 Å². The third kappa shape index (κ3) is 12.1. The Hall–Kier alpha value is -0.0400. The summed E-state index contributed by atoms with van der Waals surface area (Å²) < 4.78 is 0. The highest BCUT2D eigenvalue weighted by Crippen LogP contribution is 2.33. The second kappa shape index (κ2) is 16.2. The number of hydrogen-bond donors (Lipinski definition) is 0. The van der Waals surface area contributed by atoms with Crippen LogP contribution in [0.15, 0.2) is 0 Å². The van der Waals surface area contributed by atoms with Crippen LogP contribution in [0.1, 0.15) is 142 Å². The second-order valence-corrected chi connectivity index (χ2v) is 8.61. The van der Waals surface area contributed by atoms with Gasteiger partial charge in [0.25, 0.3) is 0 Å². The van der Waals surface area contributed by atoms with Crippen molar-refractivity contribution in [3.8, 4) is 0 Å². The summed E-state index contributed by atoms with van der Waals surface area (Å²) in [6.07, 6.45) is 28.8. The first-order valence-electron chi connectivity index (χ1n) is 12.0. The lowest BCUT2D eigenvalue weighted by Crippen LogP contribution is -2.41. The van der Waals surface area contributed by atoms with Crippen LogP contribution in [0.4, 0.5) is 0 Å². The Kier molecular flexibility index (Phi) is 14.9. The van der Waals surface area contributed by atoms with Gasteiger partial charge in [-0.3, -0.25) is 0 Å². The predicted molar refractivity (Wildman–Crippen MR) is 113 cm³/mol. The van der Waals surface area contributed by atoms with Gasteiger partial charge in [-0.25, -0.2) is 5.32 Å². The van der Waals surface area contributed by atoms with E-state index in [0.29, 0.717) is 5.54 Å². The van der Waals surface area contributed by atoms with Crippen molar-refractivity contribution < 1.29 is 0 Å². The fourth-order valence-electron chi connectivity index (χ4n) is 4.68. The second-order valence-electron chi connectivity index (χ2n) is 8.61. The van der Waals surface area contributed by atoms with Crippen molar-refractivity contribution >= 4 is 0 Å². The molecule has 0 unspecified atom stereocenters. The smallest absolute Gasteiger partial charge is 0.0356 e. The number of hydrogen-bond acceptors (Lipinski definition) is 0. The molecular weight excluding hydrogens is 302 g/mol. The summed E-state index contributed by atoms with van der Waals surface area (Å²) in [5, 5.41) is 5.01. The summed E-state index contributed by atoms with van der Waals surface area (Å²) >= 11 is 0. The molecule has 1 rings (SSSR count). The lowest BCUT2D eigenvalue weighted by atomic mass is 9.78. The van der Waals surface area contributed by atoms with Crippen LogP contribution in [0.5, 0.6) is 0 Å². The summed E-state index contributed by atoms with van der Waals surface area (Å²) in [4.78, 5) is 0. The number of nitrogens with zero attached hydrogens (tertiary/aromatic N) is 1. The minimum absolute atomic E-state index is 0.393. The summed E-state index contributed by atoms with van der Waals surface area (Å²) in [5.74, 6) is 0. The molecule has 1 aliphatic carbocycles. The van der Waals surface area contributed by atoms with Crippen LogP contribution in [0, 0.1) is 0 Å². The molecular formula is C24H48N. The Balaban J connectivity index is 1.85. The molecule has 0 bridgehead atoms. The Morgan fingerprint density at radius 1 is 0.560 bits per heavy atom. The van der Waals surface area contributed by atoms with Crippen molar-refractivity contribution in [2.75, 3.05) is 6.54 Å². The van der Waals surface area contributed by atoms with Crippen LogP contribution >= 0.6 is 0 Å². The van der Waals surface area contributed by atoms with Crippen LogP contribution in [-0.4, -0.2) is 12.1 Å². The van der Waals surface area contributed by atoms with Gasteiger partial charge in [0.15, 0.2) is 0 Å². The zero-order valence-corrected chi connectivity index (χ0v) is 17.8. The Labute approximate surface area is 160 Å². The normalized spacial score (nSPS) is 17.0. The number of unbranched alkanes of at least 4 members (excludes halogenated alkanes) is 13. The maximum Gasteiger partial charge on any atom is 0.0356 e. The third-order valence-corrected chi connectivity index (χ3v) is 6.27. The maximum atomic E-state index is 5.01. The fourth-order valence-corrected chi connectivity index (χ4v) is 4.68. The van der Waals surface area contributed by atoms with Gasteiger partial charge in [0.2, 0.25) is 0 Å². The molecule has 1 fully saturated rings. The molecule has 0 atom stereocenters. The van der Waals surface area contributed by atoms with Crippen LogP contribution in [0.25, 0.3) is 0 Å². The molecule has 1 aliphatic rings. The third-order valence-electron chi connectivity index (χ3n) is 6.27. The molecule has 25 heavy (non-hydrogen) atoms. The molecule has 0 heterocycles. The average molecular weight is 351 g/mol. The zero-order chi connectivity index (χ0) is 18.1. The molecule has 1 heteroatoms. The molecule has 0 spiro atoms. The highest BCUT2D eigenvalue weighted by atomic mass is 15.0. The van der Waals surface area contributed by atoms with E-state index in [0.717, 1.165) is 6.54 Å². The van der Waals surface area contributed by atoms with Gasteiger partial charge in [-0.05, 0) is 19.3 Å². The minimum Gasteiger partial charge on any atom is -0.235 e. The van der Waals surface area contributed by atoms with Crippen LogP contribution in [-0.2, 0) is 0 Å². The Bertz CT molecular complexity index is 262. The molecule has 0 aromatic carbocycles. The van der Waals surface area contributed by atoms with E-state index in [9.17, 15) is 0 Å². The first-order valence-corrected chi connectivity index (χ1v) is 12.0. The zero-order valence-electron chi connectivity index (χ0n) is 17.8. The van der Waals surface area contributed by atoms with Crippen LogP contribution in [0.3, 0.4) is 0 Å². The average Bonchev–Trinajstić information content (AvgIpc) is 2.63. The van der Waals surface area contributed by atoms with Crippen molar-refractivity contribution in [3.63, 3.8) is 0 Å². The highest BCUT2D eigenvalue weighted by Gasteiger charge is 2.31. The molecule has 0 N–H and O–H groups in total. The van der Waals surface area contributed by atoms with Crippen molar-refractivity contribution in [1.29, 1.82) is 0 Å². The van der Waals surface area contributed by atoms with E-state index in [-0.39, 0.29) is 0 Å². The molecule has 149 valence electrons. The monoisotopic (exact) mass is 350 g/mol. The first-order chi connectivity index (χ1) is 12.3. The molecule has 0 aromatic heterocycles. The molecule has 1 radical (unpaired) electrons. The van der Waals surface area contributed by atoms with Gasteiger partial charge < -0.3 is 0 Å². The SMILES string of the molecule is CCCCCCCCCCCCCCCCC1([N]CC)CCCCC1. The topological polar surface area (TPSA) is 14.1 Å². The van der Waals surface area contributed by atoms with Crippen molar-refractivity contribution in [2.45, 2.75) is 148 Å².